The van der Waals surface area contributed by atoms with Gasteiger partial charge in [-0.3, -0.25) is 9.69 Å². The quantitative estimate of drug-likeness (QED) is 0.734. The Labute approximate surface area is 104 Å². The van der Waals surface area contributed by atoms with Gasteiger partial charge in [-0.2, -0.15) is 0 Å². The van der Waals surface area contributed by atoms with E-state index in [-0.39, 0.29) is 18.1 Å². The molecule has 1 saturated heterocycles. The summed E-state index contributed by atoms with van der Waals surface area (Å²) in [4.78, 5) is 14.0. The lowest BCUT2D eigenvalue weighted by atomic mass is 10.1. The van der Waals surface area contributed by atoms with Crippen molar-refractivity contribution in [3.63, 3.8) is 0 Å². The summed E-state index contributed by atoms with van der Waals surface area (Å²) in [5, 5.41) is 12.4. The molecule has 1 rings (SSSR count). The zero-order valence-corrected chi connectivity index (χ0v) is 11.3. The standard InChI is InChI=1S/C13H26N2O2/c1-4-10(2)14-13(17)9-15-7-5-6-12(15)8-11(3)16/h10-12,16H,4-9H2,1-3H3,(H,14,17). The van der Waals surface area contributed by atoms with E-state index in [1.807, 2.05) is 13.8 Å². The molecule has 2 N–H and O–H groups in total. The molecule has 0 aliphatic carbocycles. The van der Waals surface area contributed by atoms with Crippen molar-refractivity contribution in [2.75, 3.05) is 13.1 Å². The summed E-state index contributed by atoms with van der Waals surface area (Å²) in [5.41, 5.74) is 0. The van der Waals surface area contributed by atoms with Crippen molar-refractivity contribution in [3.8, 4) is 0 Å². The van der Waals surface area contributed by atoms with Gasteiger partial charge in [0.15, 0.2) is 0 Å². The molecule has 0 aromatic rings. The predicted molar refractivity (Wildman–Crippen MR) is 68.8 cm³/mol. The Morgan fingerprint density at radius 1 is 1.53 bits per heavy atom. The number of nitrogens with one attached hydrogen (secondary N) is 1. The normalized spacial score (nSPS) is 24.6. The van der Waals surface area contributed by atoms with Crippen LogP contribution >= 0.6 is 0 Å². The zero-order chi connectivity index (χ0) is 12.8. The Kier molecular flexibility index (Phi) is 5.92. The van der Waals surface area contributed by atoms with Gasteiger partial charge in [0.1, 0.15) is 0 Å². The van der Waals surface area contributed by atoms with Gasteiger partial charge in [-0.1, -0.05) is 6.92 Å². The van der Waals surface area contributed by atoms with Gasteiger partial charge in [0.2, 0.25) is 5.91 Å². The molecule has 1 fully saturated rings. The number of hydrogen-bond donors (Lipinski definition) is 2. The van der Waals surface area contributed by atoms with Crippen LogP contribution in [0, 0.1) is 0 Å². The maximum atomic E-state index is 11.8. The number of carbonyl (C=O) groups excluding carboxylic acids is 1. The van der Waals surface area contributed by atoms with Crippen molar-refractivity contribution in [1.82, 2.24) is 10.2 Å². The Hall–Kier alpha value is -0.610. The highest BCUT2D eigenvalue weighted by Gasteiger charge is 2.27. The predicted octanol–water partition coefficient (Wildman–Crippen LogP) is 1.14. The van der Waals surface area contributed by atoms with Crippen LogP contribution in [-0.2, 0) is 4.79 Å². The van der Waals surface area contributed by atoms with Crippen LogP contribution in [0.1, 0.15) is 46.5 Å². The van der Waals surface area contributed by atoms with Crippen LogP contribution in [0.2, 0.25) is 0 Å². The molecule has 0 saturated carbocycles. The van der Waals surface area contributed by atoms with Crippen LogP contribution in [0.4, 0.5) is 0 Å². The summed E-state index contributed by atoms with van der Waals surface area (Å²) in [7, 11) is 0. The molecule has 100 valence electrons. The summed E-state index contributed by atoms with van der Waals surface area (Å²) in [6, 6.07) is 0.623. The number of likely N-dealkylation sites (tertiary alicyclic amines) is 1. The minimum Gasteiger partial charge on any atom is -0.393 e. The van der Waals surface area contributed by atoms with Crippen LogP contribution < -0.4 is 5.32 Å². The van der Waals surface area contributed by atoms with Crippen molar-refractivity contribution in [2.45, 2.75) is 64.6 Å². The molecule has 0 bridgehead atoms. The monoisotopic (exact) mass is 242 g/mol. The molecular formula is C13H26N2O2. The average molecular weight is 242 g/mol. The van der Waals surface area contributed by atoms with Crippen molar-refractivity contribution < 1.29 is 9.90 Å². The molecule has 1 aliphatic rings. The molecule has 0 radical (unpaired) electrons. The number of hydrogen-bond acceptors (Lipinski definition) is 3. The molecule has 3 unspecified atom stereocenters. The number of rotatable bonds is 6. The molecule has 1 amide bonds. The van der Waals surface area contributed by atoms with E-state index in [9.17, 15) is 9.90 Å². The maximum absolute atomic E-state index is 11.8. The third kappa shape index (κ3) is 5.04. The molecule has 0 aromatic carbocycles. The highest BCUT2D eigenvalue weighted by atomic mass is 16.3. The first-order valence-electron chi connectivity index (χ1n) is 6.74. The Morgan fingerprint density at radius 2 is 2.24 bits per heavy atom. The van der Waals surface area contributed by atoms with Crippen LogP contribution in [-0.4, -0.2) is 47.2 Å². The number of aliphatic hydroxyl groups is 1. The van der Waals surface area contributed by atoms with E-state index in [2.05, 4.69) is 17.1 Å². The number of aliphatic hydroxyl groups excluding tert-OH is 1. The van der Waals surface area contributed by atoms with Gasteiger partial charge >= 0.3 is 0 Å². The summed E-state index contributed by atoms with van der Waals surface area (Å²) in [6.07, 6.45) is 3.69. The maximum Gasteiger partial charge on any atom is 0.234 e. The lowest BCUT2D eigenvalue weighted by molar-refractivity contribution is -0.123. The molecule has 0 spiro atoms. The molecule has 1 heterocycles. The summed E-state index contributed by atoms with van der Waals surface area (Å²) < 4.78 is 0. The van der Waals surface area contributed by atoms with Crippen molar-refractivity contribution in [1.29, 1.82) is 0 Å². The topological polar surface area (TPSA) is 52.6 Å². The fourth-order valence-electron chi connectivity index (χ4n) is 2.37. The molecule has 1 aliphatic heterocycles. The van der Waals surface area contributed by atoms with Crippen molar-refractivity contribution in [3.05, 3.63) is 0 Å². The number of nitrogens with zero attached hydrogens (tertiary/aromatic N) is 1. The second-order valence-electron chi connectivity index (χ2n) is 5.23. The highest BCUT2D eigenvalue weighted by molar-refractivity contribution is 5.78. The van der Waals surface area contributed by atoms with Crippen molar-refractivity contribution in [2.24, 2.45) is 0 Å². The third-order valence-corrected chi connectivity index (χ3v) is 3.48. The third-order valence-electron chi connectivity index (χ3n) is 3.48. The Morgan fingerprint density at radius 3 is 2.82 bits per heavy atom. The molecule has 3 atom stereocenters. The van der Waals surface area contributed by atoms with Gasteiger partial charge in [-0.25, -0.2) is 0 Å². The molecular weight excluding hydrogens is 216 g/mol. The fourth-order valence-corrected chi connectivity index (χ4v) is 2.37. The SMILES string of the molecule is CCC(C)NC(=O)CN1CCCC1CC(C)O. The van der Waals surface area contributed by atoms with Gasteiger partial charge in [-0.05, 0) is 46.1 Å². The minimum atomic E-state index is -0.279. The molecule has 4 heteroatoms. The van der Waals surface area contributed by atoms with E-state index < -0.39 is 0 Å². The van der Waals surface area contributed by atoms with E-state index in [0.717, 1.165) is 32.2 Å². The van der Waals surface area contributed by atoms with E-state index in [0.29, 0.717) is 12.6 Å². The Balaban J connectivity index is 2.36. The first kappa shape index (κ1) is 14.5. The molecule has 0 aromatic heterocycles. The fraction of sp³-hybridized carbons (Fsp3) is 0.923. The second kappa shape index (κ2) is 6.97. The number of carbonyl (C=O) groups is 1. The summed E-state index contributed by atoms with van der Waals surface area (Å²) in [5.74, 6) is 0.108. The zero-order valence-electron chi connectivity index (χ0n) is 11.3. The minimum absolute atomic E-state index is 0.108. The van der Waals surface area contributed by atoms with Gasteiger partial charge in [0.05, 0.1) is 12.6 Å². The summed E-state index contributed by atoms with van der Waals surface area (Å²) >= 11 is 0. The van der Waals surface area contributed by atoms with Gasteiger partial charge in [0.25, 0.3) is 0 Å². The summed E-state index contributed by atoms with van der Waals surface area (Å²) in [6.45, 7) is 7.36. The lowest BCUT2D eigenvalue weighted by Crippen LogP contribution is -2.43. The molecule has 17 heavy (non-hydrogen) atoms. The second-order valence-corrected chi connectivity index (χ2v) is 5.23. The van der Waals surface area contributed by atoms with E-state index in [1.165, 1.54) is 0 Å². The van der Waals surface area contributed by atoms with E-state index in [1.54, 1.807) is 0 Å². The first-order chi connectivity index (χ1) is 8.02. The van der Waals surface area contributed by atoms with Crippen LogP contribution in [0.15, 0.2) is 0 Å². The lowest BCUT2D eigenvalue weighted by Gasteiger charge is -2.25. The number of amides is 1. The smallest absolute Gasteiger partial charge is 0.234 e. The highest BCUT2D eigenvalue weighted by Crippen LogP contribution is 2.20. The van der Waals surface area contributed by atoms with Crippen LogP contribution in [0.5, 0.6) is 0 Å². The van der Waals surface area contributed by atoms with Crippen LogP contribution in [0.3, 0.4) is 0 Å². The molecule has 4 nitrogen and oxygen atoms in total. The van der Waals surface area contributed by atoms with Gasteiger partial charge in [-0.15, -0.1) is 0 Å². The first-order valence-corrected chi connectivity index (χ1v) is 6.74. The average Bonchev–Trinajstić information content (AvgIpc) is 2.64. The largest absolute Gasteiger partial charge is 0.393 e. The van der Waals surface area contributed by atoms with E-state index >= 15 is 0 Å². The van der Waals surface area contributed by atoms with Crippen LogP contribution in [0.25, 0.3) is 0 Å². The van der Waals surface area contributed by atoms with E-state index in [4.69, 9.17) is 0 Å². The Bertz CT molecular complexity index is 244. The van der Waals surface area contributed by atoms with Gasteiger partial charge in [0, 0.05) is 12.1 Å². The van der Waals surface area contributed by atoms with Crippen molar-refractivity contribution >= 4 is 5.91 Å². The van der Waals surface area contributed by atoms with Gasteiger partial charge < -0.3 is 10.4 Å².